The van der Waals surface area contributed by atoms with E-state index in [2.05, 4.69) is 52.5 Å². The van der Waals surface area contributed by atoms with Crippen molar-refractivity contribution in [2.24, 2.45) is 5.41 Å². The third kappa shape index (κ3) is 5.31. The largest absolute Gasteiger partial charge is 0.392 e. The van der Waals surface area contributed by atoms with Crippen LogP contribution in [0, 0.1) is 5.41 Å². The van der Waals surface area contributed by atoms with Gasteiger partial charge >= 0.3 is 0 Å². The van der Waals surface area contributed by atoms with Crippen molar-refractivity contribution < 1.29 is 5.11 Å². The molecule has 0 spiro atoms. The van der Waals surface area contributed by atoms with Crippen LogP contribution in [0.1, 0.15) is 47.5 Å². The topological polar surface area (TPSA) is 20.2 Å². The second kappa shape index (κ2) is 8.14. The molecule has 1 nitrogen and oxygen atoms in total. The summed E-state index contributed by atoms with van der Waals surface area (Å²) in [6.45, 7) is 15.2. The van der Waals surface area contributed by atoms with E-state index in [1.54, 1.807) is 6.08 Å². The molecule has 0 radical (unpaired) electrons. The second-order valence-electron chi connectivity index (χ2n) is 6.76. The minimum Gasteiger partial charge on any atom is -0.392 e. The first kappa shape index (κ1) is 18.4. The Kier molecular flexibility index (Phi) is 6.83. The molecule has 1 N–H and O–H groups in total. The van der Waals surface area contributed by atoms with Crippen LogP contribution in [0.25, 0.3) is 0 Å². The predicted octanol–water partition coefficient (Wildman–Crippen LogP) is 5.68. The summed E-state index contributed by atoms with van der Waals surface area (Å²) in [5.41, 5.74) is 6.51. The highest BCUT2D eigenvalue weighted by atomic mass is 16.2. The van der Waals surface area contributed by atoms with Gasteiger partial charge < -0.3 is 5.11 Å². The van der Waals surface area contributed by atoms with Crippen LogP contribution in [-0.2, 0) is 0 Å². The minimum atomic E-state index is 0.0885. The molecular formula is C21H30O. The third-order valence-electron chi connectivity index (χ3n) is 4.36. The zero-order valence-corrected chi connectivity index (χ0v) is 14.7. The van der Waals surface area contributed by atoms with Gasteiger partial charge in [-0.15, -0.1) is 0 Å². The van der Waals surface area contributed by atoms with E-state index in [4.69, 9.17) is 5.11 Å². The molecule has 1 rings (SSSR count). The van der Waals surface area contributed by atoms with Crippen LogP contribution in [0.4, 0.5) is 0 Å². The molecule has 0 unspecified atom stereocenters. The normalized spacial score (nSPS) is 20.5. The van der Waals surface area contributed by atoms with Crippen LogP contribution in [0.2, 0.25) is 0 Å². The molecule has 0 aromatic rings. The van der Waals surface area contributed by atoms with Crippen molar-refractivity contribution in [3.8, 4) is 0 Å². The van der Waals surface area contributed by atoms with Gasteiger partial charge in [0.2, 0.25) is 0 Å². The summed E-state index contributed by atoms with van der Waals surface area (Å²) in [5.74, 6) is 0. The van der Waals surface area contributed by atoms with E-state index < -0.39 is 0 Å². The quantitative estimate of drug-likeness (QED) is 0.648. The molecule has 0 atom stereocenters. The maximum absolute atomic E-state index is 8.82. The predicted molar refractivity (Wildman–Crippen MR) is 97.7 cm³/mol. The van der Waals surface area contributed by atoms with Crippen molar-refractivity contribution in [1.29, 1.82) is 0 Å². The smallest absolute Gasteiger partial charge is 0.0617 e. The Morgan fingerprint density at radius 1 is 1.23 bits per heavy atom. The molecule has 1 aliphatic rings. The lowest BCUT2D eigenvalue weighted by Gasteiger charge is -2.34. The first-order chi connectivity index (χ1) is 10.3. The maximum Gasteiger partial charge on any atom is 0.0617 e. The standard InChI is InChI=1S/C21H30O/c1-16(8-7-9-17(2)13-15-22)10-11-20-19(4)18(3)12-14-21(20,5)6/h7-11,13,22H,3,12,14-15H2,1-2,4-6H3. The fraction of sp³-hybridized carbons (Fsp3) is 0.429. The lowest BCUT2D eigenvalue weighted by molar-refractivity contribution is 0.342. The van der Waals surface area contributed by atoms with Crippen molar-refractivity contribution in [2.45, 2.75) is 47.5 Å². The van der Waals surface area contributed by atoms with E-state index in [1.807, 2.05) is 19.1 Å². The fourth-order valence-electron chi connectivity index (χ4n) is 2.67. The Morgan fingerprint density at radius 2 is 1.91 bits per heavy atom. The molecule has 0 saturated carbocycles. The number of hydrogen-bond acceptors (Lipinski definition) is 1. The lowest BCUT2D eigenvalue weighted by Crippen LogP contribution is -2.20. The molecule has 0 aromatic carbocycles. The van der Waals surface area contributed by atoms with Crippen LogP contribution >= 0.6 is 0 Å². The first-order valence-electron chi connectivity index (χ1n) is 7.98. The molecule has 0 amide bonds. The fourth-order valence-corrected chi connectivity index (χ4v) is 2.67. The molecule has 0 heterocycles. The van der Waals surface area contributed by atoms with Gasteiger partial charge in [0.05, 0.1) is 6.61 Å². The molecule has 0 aliphatic heterocycles. The van der Waals surface area contributed by atoms with Crippen LogP contribution < -0.4 is 0 Å². The second-order valence-corrected chi connectivity index (χ2v) is 6.76. The molecule has 0 bridgehead atoms. The van der Waals surface area contributed by atoms with Crippen molar-refractivity contribution in [1.82, 2.24) is 0 Å². The molecule has 0 aromatic heterocycles. The highest BCUT2D eigenvalue weighted by Crippen LogP contribution is 2.42. The van der Waals surface area contributed by atoms with Gasteiger partial charge in [-0.05, 0) is 50.2 Å². The highest BCUT2D eigenvalue weighted by Gasteiger charge is 2.28. The summed E-state index contributed by atoms with van der Waals surface area (Å²) < 4.78 is 0. The van der Waals surface area contributed by atoms with Gasteiger partial charge in [-0.1, -0.05) is 73.6 Å². The SMILES string of the molecule is C=C1CCC(C)(C)C(C=CC(C)=CC=CC(C)=CCO)=C1C. The van der Waals surface area contributed by atoms with Crippen molar-refractivity contribution in [2.75, 3.05) is 6.61 Å². The Hall–Kier alpha value is -1.60. The van der Waals surface area contributed by atoms with E-state index in [-0.39, 0.29) is 12.0 Å². The summed E-state index contributed by atoms with van der Waals surface area (Å²) in [5, 5.41) is 8.82. The van der Waals surface area contributed by atoms with E-state index in [1.165, 1.54) is 22.3 Å². The Bertz CT molecular complexity index is 563. The van der Waals surface area contributed by atoms with Gasteiger partial charge in [-0.2, -0.15) is 0 Å². The summed E-state index contributed by atoms with van der Waals surface area (Å²) in [6.07, 6.45) is 14.6. The molecule has 1 heteroatoms. The van der Waals surface area contributed by atoms with Crippen LogP contribution in [-0.4, -0.2) is 11.7 Å². The minimum absolute atomic E-state index is 0.0885. The summed E-state index contributed by atoms with van der Waals surface area (Å²) in [4.78, 5) is 0. The van der Waals surface area contributed by atoms with Gasteiger partial charge in [0, 0.05) is 0 Å². The van der Waals surface area contributed by atoms with Gasteiger partial charge in [0.15, 0.2) is 0 Å². The molecule has 22 heavy (non-hydrogen) atoms. The monoisotopic (exact) mass is 298 g/mol. The number of aliphatic hydroxyl groups excluding tert-OH is 1. The van der Waals surface area contributed by atoms with E-state index in [0.717, 1.165) is 18.4 Å². The van der Waals surface area contributed by atoms with E-state index in [9.17, 15) is 0 Å². The lowest BCUT2D eigenvalue weighted by atomic mass is 9.71. The number of rotatable bonds is 5. The van der Waals surface area contributed by atoms with Crippen LogP contribution in [0.15, 0.2) is 70.9 Å². The summed E-state index contributed by atoms with van der Waals surface area (Å²) in [7, 11) is 0. The molecular weight excluding hydrogens is 268 g/mol. The first-order valence-corrected chi connectivity index (χ1v) is 7.98. The summed E-state index contributed by atoms with van der Waals surface area (Å²) >= 11 is 0. The average Bonchev–Trinajstić information content (AvgIpc) is 2.43. The number of aliphatic hydroxyl groups is 1. The van der Waals surface area contributed by atoms with Gasteiger partial charge in [0.25, 0.3) is 0 Å². The van der Waals surface area contributed by atoms with Crippen LogP contribution in [0.5, 0.6) is 0 Å². The van der Waals surface area contributed by atoms with Crippen molar-refractivity contribution in [3.63, 3.8) is 0 Å². The van der Waals surface area contributed by atoms with E-state index >= 15 is 0 Å². The zero-order chi connectivity index (χ0) is 16.8. The van der Waals surface area contributed by atoms with Gasteiger partial charge in [-0.3, -0.25) is 0 Å². The summed E-state index contributed by atoms with van der Waals surface area (Å²) in [6, 6.07) is 0. The Labute approximate surface area is 136 Å². The van der Waals surface area contributed by atoms with Crippen LogP contribution in [0.3, 0.4) is 0 Å². The Balaban J connectivity index is 2.88. The van der Waals surface area contributed by atoms with Gasteiger partial charge in [0.1, 0.15) is 0 Å². The van der Waals surface area contributed by atoms with Gasteiger partial charge in [-0.25, -0.2) is 0 Å². The maximum atomic E-state index is 8.82. The Morgan fingerprint density at radius 3 is 2.55 bits per heavy atom. The molecule has 1 aliphatic carbocycles. The average molecular weight is 298 g/mol. The molecule has 0 fully saturated rings. The van der Waals surface area contributed by atoms with Crippen molar-refractivity contribution in [3.05, 3.63) is 70.9 Å². The van der Waals surface area contributed by atoms with E-state index in [0.29, 0.717) is 0 Å². The third-order valence-corrected chi connectivity index (χ3v) is 4.36. The zero-order valence-electron chi connectivity index (χ0n) is 14.7. The highest BCUT2D eigenvalue weighted by molar-refractivity contribution is 5.45. The number of hydrogen-bond donors (Lipinski definition) is 1. The molecule has 0 saturated heterocycles. The van der Waals surface area contributed by atoms with Crippen molar-refractivity contribution >= 4 is 0 Å². The number of allylic oxidation sites excluding steroid dienone is 10. The molecule has 120 valence electrons.